The van der Waals surface area contributed by atoms with Crippen molar-refractivity contribution in [3.8, 4) is 5.75 Å². The van der Waals surface area contributed by atoms with Crippen molar-refractivity contribution in [3.63, 3.8) is 0 Å². The van der Waals surface area contributed by atoms with Crippen molar-refractivity contribution >= 4 is 15.9 Å². The standard InChI is InChI=1S/C12H18BrNO/c1-9(2)7-14(3)8-10-6-11(15)4-5-12(10)13/h4-6,9,15H,7-8H2,1-3H3. The molecule has 0 unspecified atom stereocenters. The minimum absolute atomic E-state index is 0.325. The van der Waals surface area contributed by atoms with Gasteiger partial charge in [-0.15, -0.1) is 0 Å². The quantitative estimate of drug-likeness (QED) is 0.909. The highest BCUT2D eigenvalue weighted by molar-refractivity contribution is 9.10. The van der Waals surface area contributed by atoms with Gasteiger partial charge in [0.2, 0.25) is 0 Å². The van der Waals surface area contributed by atoms with Gasteiger partial charge in [-0.3, -0.25) is 0 Å². The van der Waals surface area contributed by atoms with Gasteiger partial charge in [-0.2, -0.15) is 0 Å². The lowest BCUT2D eigenvalue weighted by atomic mass is 10.1. The highest BCUT2D eigenvalue weighted by atomic mass is 79.9. The topological polar surface area (TPSA) is 23.5 Å². The van der Waals surface area contributed by atoms with Crippen molar-refractivity contribution < 1.29 is 5.11 Å². The first kappa shape index (κ1) is 12.5. The lowest BCUT2D eigenvalue weighted by Crippen LogP contribution is -2.22. The van der Waals surface area contributed by atoms with Crippen molar-refractivity contribution in [2.75, 3.05) is 13.6 Å². The molecule has 0 aliphatic carbocycles. The molecule has 1 aromatic carbocycles. The van der Waals surface area contributed by atoms with Crippen molar-refractivity contribution in [2.45, 2.75) is 20.4 Å². The average molecular weight is 272 g/mol. The minimum Gasteiger partial charge on any atom is -0.508 e. The normalized spacial score (nSPS) is 11.3. The van der Waals surface area contributed by atoms with E-state index in [2.05, 4.69) is 41.7 Å². The summed E-state index contributed by atoms with van der Waals surface area (Å²) in [5, 5.41) is 9.39. The fourth-order valence-corrected chi connectivity index (χ4v) is 2.03. The molecule has 15 heavy (non-hydrogen) atoms. The Balaban J connectivity index is 2.67. The number of halogens is 1. The summed E-state index contributed by atoms with van der Waals surface area (Å²) in [7, 11) is 2.09. The maximum absolute atomic E-state index is 9.39. The van der Waals surface area contributed by atoms with Gasteiger partial charge in [0.15, 0.2) is 0 Å². The summed E-state index contributed by atoms with van der Waals surface area (Å²) in [6.07, 6.45) is 0. The number of nitrogens with zero attached hydrogens (tertiary/aromatic N) is 1. The van der Waals surface area contributed by atoms with Crippen molar-refractivity contribution in [1.82, 2.24) is 4.90 Å². The van der Waals surface area contributed by atoms with Crippen LogP contribution < -0.4 is 0 Å². The van der Waals surface area contributed by atoms with Gasteiger partial charge in [0.25, 0.3) is 0 Å². The van der Waals surface area contributed by atoms with Gasteiger partial charge in [0.05, 0.1) is 0 Å². The van der Waals surface area contributed by atoms with Crippen LogP contribution in [0.3, 0.4) is 0 Å². The summed E-state index contributed by atoms with van der Waals surface area (Å²) in [5.41, 5.74) is 1.12. The second-order valence-electron chi connectivity index (χ2n) is 4.37. The van der Waals surface area contributed by atoms with E-state index in [1.54, 1.807) is 12.1 Å². The van der Waals surface area contributed by atoms with E-state index in [1.807, 2.05) is 6.07 Å². The highest BCUT2D eigenvalue weighted by Gasteiger charge is 2.06. The van der Waals surface area contributed by atoms with Crippen LogP contribution >= 0.6 is 15.9 Å². The fraction of sp³-hybridized carbons (Fsp3) is 0.500. The number of aromatic hydroxyl groups is 1. The number of benzene rings is 1. The van der Waals surface area contributed by atoms with Gasteiger partial charge in [0, 0.05) is 17.6 Å². The van der Waals surface area contributed by atoms with Gasteiger partial charge >= 0.3 is 0 Å². The van der Waals surface area contributed by atoms with E-state index in [4.69, 9.17) is 0 Å². The van der Waals surface area contributed by atoms with E-state index in [9.17, 15) is 5.11 Å². The maximum Gasteiger partial charge on any atom is 0.115 e. The molecule has 0 aromatic heterocycles. The Morgan fingerprint density at radius 1 is 1.40 bits per heavy atom. The fourth-order valence-electron chi connectivity index (χ4n) is 1.66. The largest absolute Gasteiger partial charge is 0.508 e. The summed E-state index contributed by atoms with van der Waals surface area (Å²) in [5.74, 6) is 0.984. The molecule has 0 atom stereocenters. The van der Waals surface area contributed by atoms with Crippen molar-refractivity contribution in [2.24, 2.45) is 5.92 Å². The second-order valence-corrected chi connectivity index (χ2v) is 5.22. The summed E-state index contributed by atoms with van der Waals surface area (Å²) in [6, 6.07) is 5.38. The van der Waals surface area contributed by atoms with Crippen LogP contribution in [0.1, 0.15) is 19.4 Å². The molecular formula is C12H18BrNO. The molecular weight excluding hydrogens is 254 g/mol. The van der Waals surface area contributed by atoms with Crippen LogP contribution in [-0.2, 0) is 6.54 Å². The molecule has 0 heterocycles. The number of phenolic OH excluding ortho intramolecular Hbond substituents is 1. The van der Waals surface area contributed by atoms with Crippen LogP contribution in [0.25, 0.3) is 0 Å². The molecule has 0 aliphatic rings. The first-order valence-electron chi connectivity index (χ1n) is 5.15. The van der Waals surface area contributed by atoms with Crippen LogP contribution in [0.5, 0.6) is 5.75 Å². The zero-order chi connectivity index (χ0) is 11.4. The van der Waals surface area contributed by atoms with Crippen molar-refractivity contribution in [1.29, 1.82) is 0 Å². The molecule has 1 rings (SSSR count). The van der Waals surface area contributed by atoms with E-state index in [0.717, 1.165) is 23.1 Å². The molecule has 0 saturated carbocycles. The molecule has 3 heteroatoms. The summed E-state index contributed by atoms with van der Waals surface area (Å²) < 4.78 is 1.05. The third kappa shape index (κ3) is 4.22. The number of hydrogen-bond donors (Lipinski definition) is 1. The molecule has 0 aliphatic heterocycles. The molecule has 0 fully saturated rings. The zero-order valence-corrected chi connectivity index (χ0v) is 11.1. The van der Waals surface area contributed by atoms with Gasteiger partial charge in [-0.25, -0.2) is 0 Å². The van der Waals surface area contributed by atoms with E-state index in [1.165, 1.54) is 0 Å². The Bertz CT molecular complexity index is 325. The van der Waals surface area contributed by atoms with Crippen LogP contribution in [0, 0.1) is 5.92 Å². The van der Waals surface area contributed by atoms with E-state index in [-0.39, 0.29) is 0 Å². The van der Waals surface area contributed by atoms with E-state index in [0.29, 0.717) is 11.7 Å². The first-order chi connectivity index (χ1) is 6.99. The van der Waals surface area contributed by atoms with E-state index >= 15 is 0 Å². The minimum atomic E-state index is 0.325. The Morgan fingerprint density at radius 3 is 2.67 bits per heavy atom. The highest BCUT2D eigenvalue weighted by Crippen LogP contribution is 2.22. The zero-order valence-electron chi connectivity index (χ0n) is 9.50. The molecule has 2 nitrogen and oxygen atoms in total. The van der Waals surface area contributed by atoms with Crippen LogP contribution in [0.4, 0.5) is 0 Å². The molecule has 84 valence electrons. The number of hydrogen-bond acceptors (Lipinski definition) is 2. The van der Waals surface area contributed by atoms with Gasteiger partial charge in [-0.05, 0) is 36.7 Å². The Kier molecular flexibility index (Phi) is 4.61. The van der Waals surface area contributed by atoms with Gasteiger partial charge in [0.1, 0.15) is 5.75 Å². The monoisotopic (exact) mass is 271 g/mol. The summed E-state index contributed by atoms with van der Waals surface area (Å²) >= 11 is 3.49. The molecule has 1 N–H and O–H groups in total. The molecule has 0 spiro atoms. The van der Waals surface area contributed by atoms with E-state index < -0.39 is 0 Å². The molecule has 0 bridgehead atoms. The third-order valence-electron chi connectivity index (χ3n) is 2.15. The average Bonchev–Trinajstić information content (AvgIpc) is 2.10. The predicted molar refractivity (Wildman–Crippen MR) is 67.0 cm³/mol. The Labute approximate surface area is 100 Å². The van der Waals surface area contributed by atoms with Crippen LogP contribution in [0.2, 0.25) is 0 Å². The maximum atomic E-state index is 9.39. The Hall–Kier alpha value is -0.540. The summed E-state index contributed by atoms with van der Waals surface area (Å²) in [6.45, 7) is 6.32. The predicted octanol–water partition coefficient (Wildman–Crippen LogP) is 3.24. The number of rotatable bonds is 4. The Morgan fingerprint density at radius 2 is 2.07 bits per heavy atom. The third-order valence-corrected chi connectivity index (χ3v) is 2.92. The summed E-state index contributed by atoms with van der Waals surface area (Å²) in [4.78, 5) is 2.25. The molecule has 0 saturated heterocycles. The number of phenols is 1. The second kappa shape index (κ2) is 5.52. The SMILES string of the molecule is CC(C)CN(C)Cc1cc(O)ccc1Br. The molecule has 0 amide bonds. The van der Waals surface area contributed by atoms with Crippen molar-refractivity contribution in [3.05, 3.63) is 28.2 Å². The molecule has 1 aromatic rings. The van der Waals surface area contributed by atoms with Crippen LogP contribution in [-0.4, -0.2) is 23.6 Å². The van der Waals surface area contributed by atoms with Gasteiger partial charge in [-0.1, -0.05) is 29.8 Å². The van der Waals surface area contributed by atoms with Gasteiger partial charge < -0.3 is 10.0 Å². The lowest BCUT2D eigenvalue weighted by Gasteiger charge is -2.19. The van der Waals surface area contributed by atoms with Crippen LogP contribution in [0.15, 0.2) is 22.7 Å². The molecule has 0 radical (unpaired) electrons. The lowest BCUT2D eigenvalue weighted by molar-refractivity contribution is 0.287. The smallest absolute Gasteiger partial charge is 0.115 e. The first-order valence-corrected chi connectivity index (χ1v) is 5.94.